The van der Waals surface area contributed by atoms with Crippen molar-refractivity contribution >= 4 is 15.9 Å². The minimum absolute atomic E-state index is 0.351. The maximum absolute atomic E-state index is 3.63. The highest BCUT2D eigenvalue weighted by atomic mass is 79.9. The van der Waals surface area contributed by atoms with E-state index in [9.17, 15) is 0 Å². The molecule has 0 spiro atoms. The van der Waals surface area contributed by atoms with Gasteiger partial charge in [0.2, 0.25) is 0 Å². The van der Waals surface area contributed by atoms with Gasteiger partial charge in [-0.05, 0) is 48.4 Å². The second-order valence-corrected chi connectivity index (χ2v) is 6.12. The van der Waals surface area contributed by atoms with Crippen molar-refractivity contribution < 1.29 is 0 Å². The number of benzene rings is 1. The molecule has 0 heterocycles. The van der Waals surface area contributed by atoms with Crippen LogP contribution in [0, 0.1) is 19.3 Å². The number of halogens is 1. The number of aryl methyl sites for hydroxylation is 2. The van der Waals surface area contributed by atoms with E-state index in [0.29, 0.717) is 5.41 Å². The number of rotatable bonds is 1. The molecule has 1 heteroatoms. The first-order valence-corrected chi connectivity index (χ1v) is 5.84. The maximum atomic E-state index is 3.63. The zero-order chi connectivity index (χ0) is 10.9. The van der Waals surface area contributed by atoms with Gasteiger partial charge in [0.15, 0.2) is 0 Å². The third-order valence-electron chi connectivity index (χ3n) is 2.38. The molecule has 0 bridgehead atoms. The van der Waals surface area contributed by atoms with Gasteiger partial charge in [-0.2, -0.15) is 0 Å². The molecular formula is C13H19Br. The van der Waals surface area contributed by atoms with E-state index in [4.69, 9.17) is 0 Å². The van der Waals surface area contributed by atoms with Crippen LogP contribution in [0.25, 0.3) is 0 Å². The Bertz CT molecular complexity index is 332. The van der Waals surface area contributed by atoms with Crippen molar-refractivity contribution in [2.24, 2.45) is 5.41 Å². The van der Waals surface area contributed by atoms with E-state index < -0.39 is 0 Å². The van der Waals surface area contributed by atoms with Crippen LogP contribution in [0.1, 0.15) is 37.5 Å². The molecule has 0 saturated carbocycles. The summed E-state index contributed by atoms with van der Waals surface area (Å²) in [6, 6.07) is 4.51. The molecule has 0 aliphatic heterocycles. The van der Waals surface area contributed by atoms with Crippen molar-refractivity contribution in [2.75, 3.05) is 0 Å². The molecule has 0 N–H and O–H groups in total. The molecule has 0 nitrogen and oxygen atoms in total. The van der Waals surface area contributed by atoms with Crippen molar-refractivity contribution in [3.63, 3.8) is 0 Å². The van der Waals surface area contributed by atoms with Gasteiger partial charge in [-0.3, -0.25) is 0 Å². The lowest BCUT2D eigenvalue weighted by Crippen LogP contribution is -2.10. The van der Waals surface area contributed by atoms with Crippen molar-refractivity contribution in [2.45, 2.75) is 41.0 Å². The lowest BCUT2D eigenvalue weighted by Gasteiger charge is -2.20. The van der Waals surface area contributed by atoms with Crippen LogP contribution >= 0.6 is 15.9 Å². The van der Waals surface area contributed by atoms with E-state index in [0.717, 1.165) is 6.42 Å². The summed E-state index contributed by atoms with van der Waals surface area (Å²) in [6.07, 6.45) is 1.12. The van der Waals surface area contributed by atoms with Crippen LogP contribution in [0.3, 0.4) is 0 Å². The Morgan fingerprint density at radius 3 is 2.07 bits per heavy atom. The Balaban J connectivity index is 3.04. The molecular weight excluding hydrogens is 236 g/mol. The third-order valence-corrected chi connectivity index (χ3v) is 3.12. The van der Waals surface area contributed by atoms with Crippen molar-refractivity contribution in [1.29, 1.82) is 0 Å². The minimum atomic E-state index is 0.351. The Kier molecular flexibility index (Phi) is 3.41. The monoisotopic (exact) mass is 254 g/mol. The average Bonchev–Trinajstić information content (AvgIpc) is 1.97. The van der Waals surface area contributed by atoms with Crippen molar-refractivity contribution in [3.8, 4) is 0 Å². The summed E-state index contributed by atoms with van der Waals surface area (Å²) in [5, 5.41) is 0. The molecule has 0 aliphatic carbocycles. The van der Waals surface area contributed by atoms with Crippen LogP contribution in [-0.2, 0) is 6.42 Å². The number of hydrogen-bond donors (Lipinski definition) is 0. The summed E-state index contributed by atoms with van der Waals surface area (Å²) in [4.78, 5) is 0. The molecule has 0 amide bonds. The molecule has 14 heavy (non-hydrogen) atoms. The van der Waals surface area contributed by atoms with Gasteiger partial charge in [0.25, 0.3) is 0 Å². The standard InChI is InChI=1S/C13H19Br/c1-9-6-11(8-13(3,4)5)12(14)7-10(9)2/h6-7H,8H2,1-5H3. The molecule has 78 valence electrons. The fourth-order valence-electron chi connectivity index (χ4n) is 1.55. The van der Waals surface area contributed by atoms with Crippen LogP contribution in [0.4, 0.5) is 0 Å². The summed E-state index contributed by atoms with van der Waals surface area (Å²) in [6.45, 7) is 11.1. The summed E-state index contributed by atoms with van der Waals surface area (Å²) in [7, 11) is 0. The SMILES string of the molecule is Cc1cc(Br)c(CC(C)(C)C)cc1C. The molecule has 0 radical (unpaired) electrons. The first kappa shape index (κ1) is 11.8. The highest BCUT2D eigenvalue weighted by molar-refractivity contribution is 9.10. The van der Waals surface area contributed by atoms with E-state index in [1.807, 2.05) is 0 Å². The van der Waals surface area contributed by atoms with Crippen LogP contribution in [0.5, 0.6) is 0 Å². The Morgan fingerprint density at radius 1 is 1.07 bits per heavy atom. The predicted molar refractivity (Wildman–Crippen MR) is 66.8 cm³/mol. The molecule has 1 aromatic rings. The molecule has 0 saturated heterocycles. The summed E-state index contributed by atoms with van der Waals surface area (Å²) in [5.74, 6) is 0. The third kappa shape index (κ3) is 3.13. The van der Waals surface area contributed by atoms with E-state index in [1.54, 1.807) is 0 Å². The van der Waals surface area contributed by atoms with E-state index in [1.165, 1.54) is 21.2 Å². The first-order chi connectivity index (χ1) is 6.29. The molecule has 0 fully saturated rings. The average molecular weight is 255 g/mol. The lowest BCUT2D eigenvalue weighted by atomic mass is 9.87. The quantitative estimate of drug-likeness (QED) is 0.685. The first-order valence-electron chi connectivity index (χ1n) is 5.05. The highest BCUT2D eigenvalue weighted by Crippen LogP contribution is 2.28. The van der Waals surface area contributed by atoms with Gasteiger partial charge in [0.1, 0.15) is 0 Å². The number of hydrogen-bond acceptors (Lipinski definition) is 0. The van der Waals surface area contributed by atoms with Gasteiger partial charge in [-0.25, -0.2) is 0 Å². The molecule has 0 unspecified atom stereocenters. The van der Waals surface area contributed by atoms with Gasteiger partial charge in [-0.15, -0.1) is 0 Å². The Labute approximate surface area is 95.9 Å². The van der Waals surface area contributed by atoms with Gasteiger partial charge < -0.3 is 0 Å². The summed E-state index contributed by atoms with van der Waals surface area (Å²) < 4.78 is 1.25. The van der Waals surface area contributed by atoms with Crippen LogP contribution < -0.4 is 0 Å². The van der Waals surface area contributed by atoms with Crippen LogP contribution in [0.2, 0.25) is 0 Å². The fraction of sp³-hybridized carbons (Fsp3) is 0.538. The van der Waals surface area contributed by atoms with Crippen molar-refractivity contribution in [1.82, 2.24) is 0 Å². The van der Waals surface area contributed by atoms with Gasteiger partial charge in [-0.1, -0.05) is 42.8 Å². The zero-order valence-electron chi connectivity index (χ0n) is 9.74. The fourth-order valence-corrected chi connectivity index (χ4v) is 2.15. The zero-order valence-corrected chi connectivity index (χ0v) is 11.3. The Hall–Kier alpha value is -0.300. The second kappa shape index (κ2) is 4.06. The van der Waals surface area contributed by atoms with Gasteiger partial charge in [0, 0.05) is 4.47 Å². The van der Waals surface area contributed by atoms with Crippen LogP contribution in [-0.4, -0.2) is 0 Å². The molecule has 0 atom stereocenters. The normalized spacial score (nSPS) is 11.9. The molecule has 0 aromatic heterocycles. The smallest absolute Gasteiger partial charge is 0.0210 e. The van der Waals surface area contributed by atoms with Crippen LogP contribution in [0.15, 0.2) is 16.6 Å². The van der Waals surface area contributed by atoms with E-state index in [2.05, 4.69) is 62.7 Å². The van der Waals surface area contributed by atoms with Gasteiger partial charge in [0.05, 0.1) is 0 Å². The predicted octanol–water partition coefficient (Wildman–Crippen LogP) is 4.65. The highest BCUT2D eigenvalue weighted by Gasteiger charge is 2.13. The maximum Gasteiger partial charge on any atom is 0.0210 e. The largest absolute Gasteiger partial charge is 0.0599 e. The topological polar surface area (TPSA) is 0 Å². The summed E-state index contributed by atoms with van der Waals surface area (Å²) >= 11 is 3.63. The van der Waals surface area contributed by atoms with Crippen molar-refractivity contribution in [3.05, 3.63) is 33.3 Å². The van der Waals surface area contributed by atoms with E-state index in [-0.39, 0.29) is 0 Å². The second-order valence-electron chi connectivity index (χ2n) is 5.27. The summed E-state index contributed by atoms with van der Waals surface area (Å²) in [5.41, 5.74) is 4.51. The molecule has 0 aliphatic rings. The lowest BCUT2D eigenvalue weighted by molar-refractivity contribution is 0.410. The van der Waals surface area contributed by atoms with E-state index >= 15 is 0 Å². The molecule has 1 aromatic carbocycles. The van der Waals surface area contributed by atoms with Gasteiger partial charge >= 0.3 is 0 Å². The minimum Gasteiger partial charge on any atom is -0.0599 e. The molecule has 1 rings (SSSR count). The Morgan fingerprint density at radius 2 is 1.57 bits per heavy atom.